The van der Waals surface area contributed by atoms with Crippen LogP contribution in [0.15, 0.2) is 137 Å². The molecule has 0 bridgehead atoms. The first kappa shape index (κ1) is 61.2. The first-order chi connectivity index (χ1) is 38.5. The number of aliphatic imine (C=N–C) groups is 2. The van der Waals surface area contributed by atoms with Gasteiger partial charge in [0.25, 0.3) is 17.8 Å². The number of nitrogens with zero attached hydrogens (tertiary/aromatic N) is 3. The van der Waals surface area contributed by atoms with E-state index in [9.17, 15) is 14.4 Å². The highest BCUT2D eigenvalue weighted by atomic mass is 27.1. The van der Waals surface area contributed by atoms with Gasteiger partial charge in [-0.2, -0.15) is 0 Å². The van der Waals surface area contributed by atoms with Crippen LogP contribution in [0.25, 0.3) is 16.7 Å². The molecule has 4 aromatic carbocycles. The maximum Gasteiger partial charge on any atom is 0.724 e. The Morgan fingerprint density at radius 3 is 1.35 bits per heavy atom. The topological polar surface area (TPSA) is 167 Å². The summed E-state index contributed by atoms with van der Waals surface area (Å²) in [6.07, 6.45) is 2.32. The minimum atomic E-state index is -1.62. The molecule has 431 valence electrons. The molecule has 1 radical (unpaired) electrons. The van der Waals surface area contributed by atoms with E-state index in [4.69, 9.17) is 23.2 Å². The van der Waals surface area contributed by atoms with Gasteiger partial charge in [0.15, 0.2) is 11.7 Å². The quantitative estimate of drug-likeness (QED) is 0.0920. The minimum absolute atomic E-state index is 0.00507. The predicted molar refractivity (Wildman–Crippen MR) is 327 cm³/mol. The minimum Gasteiger partial charge on any atom is -0.605 e. The Balaban J connectivity index is 1.45. The number of hydrogen-bond donors (Lipinski definition) is 2. The summed E-state index contributed by atoms with van der Waals surface area (Å²) < 4.78 is 21.5. The average Bonchev–Trinajstić information content (AvgIpc) is 2.83. The van der Waals surface area contributed by atoms with Gasteiger partial charge in [-0.25, -0.2) is 19.6 Å². The Labute approximate surface area is 492 Å². The van der Waals surface area contributed by atoms with E-state index in [-0.39, 0.29) is 90.9 Å². The highest BCUT2D eigenvalue weighted by Gasteiger charge is 2.51. The second kappa shape index (κ2) is 24.5. The highest BCUT2D eigenvalue weighted by Crippen LogP contribution is 2.53. The molecule has 1 aliphatic heterocycles. The Bertz CT molecular complexity index is 3200. The van der Waals surface area contributed by atoms with E-state index in [1.807, 2.05) is 66.7 Å². The fourth-order valence-corrected chi connectivity index (χ4v) is 13.4. The van der Waals surface area contributed by atoms with E-state index in [0.29, 0.717) is 34.1 Å². The third kappa shape index (κ3) is 13.8. The van der Waals surface area contributed by atoms with Crippen LogP contribution in [0.3, 0.4) is 0 Å². The number of amides is 2. The number of rotatable bonds is 12. The number of hydrogen-bond acceptors (Lipinski definition) is 9. The molecule has 2 N–H and O–H groups in total. The van der Waals surface area contributed by atoms with E-state index in [0.717, 1.165) is 25.7 Å². The largest absolute Gasteiger partial charge is 0.724 e. The number of amidine groups is 2. The molecule has 2 saturated carbocycles. The maximum atomic E-state index is 16.1. The lowest BCUT2D eigenvalue weighted by atomic mass is 9.59. The first-order valence-electron chi connectivity index (χ1n) is 29.0. The second-order valence-electron chi connectivity index (χ2n) is 27.3. The van der Waals surface area contributed by atoms with Gasteiger partial charge in [-0.1, -0.05) is 194 Å². The lowest BCUT2D eigenvalue weighted by molar-refractivity contribution is -0.164. The van der Waals surface area contributed by atoms with Crippen molar-refractivity contribution in [3.8, 4) is 11.1 Å². The Kier molecular flexibility index (Phi) is 18.3. The van der Waals surface area contributed by atoms with E-state index < -0.39 is 57.7 Å². The van der Waals surface area contributed by atoms with Crippen molar-refractivity contribution in [1.82, 2.24) is 8.87 Å². The number of carbonyl (C=O) groups excluding carboxylic acids is 5. The molecule has 0 spiro atoms. The average molecular weight is 1130 g/mol. The maximum absolute atomic E-state index is 16.1. The van der Waals surface area contributed by atoms with Gasteiger partial charge in [0.1, 0.15) is 35.0 Å². The van der Waals surface area contributed by atoms with Crippen LogP contribution in [0, 0.1) is 57.2 Å². The van der Waals surface area contributed by atoms with Crippen molar-refractivity contribution in [2.45, 2.75) is 142 Å². The Hall–Kier alpha value is -6.88. The predicted octanol–water partition coefficient (Wildman–Crippen LogP) is 14.6. The Morgan fingerprint density at radius 1 is 0.549 bits per heavy atom. The van der Waals surface area contributed by atoms with Crippen LogP contribution in [0.5, 0.6) is 0 Å². The molecule has 2 amide bonds. The summed E-state index contributed by atoms with van der Waals surface area (Å²) in [4.78, 5) is 84.8. The molecule has 5 aromatic rings. The Morgan fingerprint density at radius 2 is 0.939 bits per heavy atom. The monoisotopic (exact) mass is 1120 g/mol. The highest BCUT2D eigenvalue weighted by molar-refractivity contribution is 6.46. The summed E-state index contributed by atoms with van der Waals surface area (Å²) in [5.74, 6) is -2.45. The van der Waals surface area contributed by atoms with Crippen molar-refractivity contribution in [2.75, 3.05) is 5.32 Å². The molecule has 4 unspecified atom stereocenters. The normalized spacial score (nSPS) is 22.9. The van der Waals surface area contributed by atoms with Crippen molar-refractivity contribution >= 4 is 74.4 Å². The fraction of sp³-hybridized carbons (Fsp3) is 0.456. The summed E-state index contributed by atoms with van der Waals surface area (Å²) >= 11 is -1.62. The zero-order valence-electron chi connectivity index (χ0n) is 50.7. The van der Waals surface area contributed by atoms with E-state index >= 15 is 9.59 Å². The number of anilines is 1. The van der Waals surface area contributed by atoms with Crippen LogP contribution < -0.4 is 10.6 Å². The third-order valence-corrected chi connectivity index (χ3v) is 18.0. The summed E-state index contributed by atoms with van der Waals surface area (Å²) in [5.41, 5.74) is 1.18. The molecule has 8 rings (SSSR count). The number of benzene rings is 4. The molecule has 13 nitrogen and oxygen atoms in total. The number of ether oxygens (including phenoxy) is 2. The van der Waals surface area contributed by atoms with E-state index in [2.05, 4.69) is 108 Å². The molecule has 2 heterocycles. The molecule has 82 heavy (non-hydrogen) atoms. The van der Waals surface area contributed by atoms with Crippen molar-refractivity contribution < 1.29 is 37.2 Å². The van der Waals surface area contributed by atoms with Gasteiger partial charge in [0.2, 0.25) is 0 Å². The summed E-state index contributed by atoms with van der Waals surface area (Å²) in [6, 6.07) is 35.7. The lowest BCUT2D eigenvalue weighted by Crippen LogP contribution is -2.50. The van der Waals surface area contributed by atoms with Crippen molar-refractivity contribution in [3.63, 3.8) is 0 Å². The third-order valence-electron chi connectivity index (χ3n) is 16.9. The van der Waals surface area contributed by atoms with E-state index in [1.54, 1.807) is 58.1 Å². The summed E-state index contributed by atoms with van der Waals surface area (Å²) in [5, 5.41) is 6.09. The number of esters is 2. The molecule has 1 aromatic heterocycles. The lowest BCUT2D eigenvalue weighted by Gasteiger charge is -2.50. The molecule has 0 saturated heterocycles. The van der Waals surface area contributed by atoms with Crippen LogP contribution in [0.2, 0.25) is 0 Å². The van der Waals surface area contributed by atoms with Gasteiger partial charge in [0, 0.05) is 52.9 Å². The van der Waals surface area contributed by atoms with E-state index in [1.165, 1.54) is 6.92 Å². The SMILES string of the molecule is CC(=O)[O][Al][n]1c(/N=C2\N=C(NC(=O)c3ccccc3)C(C(=O)OC3C(C(C)(C)C)CC(C)CC3C(C)(C)C)=C2c2ccccc2)c(-c2ccccc2)c(C(=O)OC2C(C(C)(C)C)CC(C)CC2C(C)(C)C)c1NC(=O)c1ccccc1. The molecular formula is C68H83AlN5O8. The van der Waals surface area contributed by atoms with Gasteiger partial charge in [-0.3, -0.25) is 14.4 Å². The standard InChI is InChI=1S/C66H81N5O6.C2H4O2.Al/c1-39-35-45(63(3,4)5)53(46(36-39)64(6,7)8)76-61(74)51-49(41-27-19-15-20-28-41)55(68-57(51)70-59(72)43-31-23-17-24-32-43)67-56-50(42-29-21-16-22-30-42)52(58(69-56)71-60(73)44-33-25-18-26-34-44)62(75)77-54-47(65(9,10)11)37-40(2)38-48(54)66(12,13)14;1-2(3)4;/h15-34,39-40,45-48,53-54H,35-38H2,1-14H3,(H3,67,68,69,70,71,72,73,74,75);1H3,(H,3,4);/q;;+2/p-2. The fourth-order valence-electron chi connectivity index (χ4n) is 12.6. The van der Waals surface area contributed by atoms with Gasteiger partial charge < -0.3 is 27.4 Å². The molecule has 2 fully saturated rings. The molecule has 14 heteroatoms. The number of nitrogens with one attached hydrogen (secondary N) is 2. The molecule has 4 atom stereocenters. The van der Waals surface area contributed by atoms with Gasteiger partial charge in [-0.05, 0) is 94.6 Å². The van der Waals surface area contributed by atoms with Crippen LogP contribution in [0.4, 0.5) is 11.6 Å². The van der Waals surface area contributed by atoms with Gasteiger partial charge in [-0.15, -0.1) is 0 Å². The first-order valence-corrected chi connectivity index (χ1v) is 30.0. The molecular weight excluding hydrogens is 1040 g/mol. The van der Waals surface area contributed by atoms with Crippen LogP contribution in [0.1, 0.15) is 166 Å². The van der Waals surface area contributed by atoms with Crippen LogP contribution in [-0.4, -0.2) is 72.9 Å². The van der Waals surface area contributed by atoms with Gasteiger partial charge in [0.05, 0.1) is 0 Å². The van der Waals surface area contributed by atoms with Crippen molar-refractivity contribution in [3.05, 3.63) is 149 Å². The zero-order valence-corrected chi connectivity index (χ0v) is 51.8. The van der Waals surface area contributed by atoms with Gasteiger partial charge >= 0.3 is 27.7 Å². The molecule has 3 aliphatic rings. The zero-order chi connectivity index (χ0) is 59.6. The summed E-state index contributed by atoms with van der Waals surface area (Å²) in [7, 11) is 0. The number of aromatic nitrogens is 1. The van der Waals surface area contributed by atoms with Crippen LogP contribution in [-0.2, 0) is 22.9 Å². The smallest absolute Gasteiger partial charge is 0.605 e. The second-order valence-corrected chi connectivity index (χ2v) is 28.3. The molecule has 2 aliphatic carbocycles. The van der Waals surface area contributed by atoms with Crippen molar-refractivity contribution in [1.29, 1.82) is 0 Å². The number of carbonyl (C=O) groups is 5. The van der Waals surface area contributed by atoms with Crippen LogP contribution >= 0.6 is 0 Å². The van der Waals surface area contributed by atoms with Crippen molar-refractivity contribution in [2.24, 2.45) is 67.2 Å². The summed E-state index contributed by atoms with van der Waals surface area (Å²) in [6.45, 7) is 32.1.